The minimum Gasteiger partial charge on any atom is -0.329 e. The minimum absolute atomic E-state index is 0.554. The molecule has 0 amide bonds. The van der Waals surface area contributed by atoms with Gasteiger partial charge in [0.25, 0.3) is 0 Å². The molecule has 3 heteroatoms. The number of hydrogen-bond donors (Lipinski definition) is 2. The highest BCUT2D eigenvalue weighted by Crippen LogP contribution is 2.16. The summed E-state index contributed by atoms with van der Waals surface area (Å²) in [7, 11) is 4.23. The van der Waals surface area contributed by atoms with Crippen LogP contribution >= 0.6 is 0 Å². The molecule has 2 atom stereocenters. The topological polar surface area (TPSA) is 41.3 Å². The Labute approximate surface area is 75.3 Å². The van der Waals surface area contributed by atoms with Gasteiger partial charge in [-0.15, -0.1) is 0 Å². The van der Waals surface area contributed by atoms with Crippen molar-refractivity contribution in [2.24, 2.45) is 11.7 Å². The van der Waals surface area contributed by atoms with E-state index in [1.807, 2.05) is 0 Å². The molecular weight excluding hydrogens is 150 g/mol. The first-order valence-electron chi connectivity index (χ1n) is 4.83. The Balaban J connectivity index is 2.40. The maximum absolute atomic E-state index is 5.74. The Morgan fingerprint density at radius 3 is 2.75 bits per heavy atom. The second-order valence-electron chi connectivity index (χ2n) is 3.87. The van der Waals surface area contributed by atoms with Crippen molar-refractivity contribution in [3.63, 3.8) is 0 Å². The van der Waals surface area contributed by atoms with Gasteiger partial charge in [-0.25, -0.2) is 0 Å². The number of hydrogen-bond acceptors (Lipinski definition) is 3. The van der Waals surface area contributed by atoms with Crippen LogP contribution in [0.1, 0.15) is 12.8 Å². The molecule has 1 aliphatic heterocycles. The van der Waals surface area contributed by atoms with Gasteiger partial charge in [0.2, 0.25) is 0 Å². The van der Waals surface area contributed by atoms with Crippen LogP contribution in [0.2, 0.25) is 0 Å². The van der Waals surface area contributed by atoms with E-state index in [1.54, 1.807) is 0 Å². The third-order valence-corrected chi connectivity index (χ3v) is 2.78. The fraction of sp³-hybridized carbons (Fsp3) is 1.00. The summed E-state index contributed by atoms with van der Waals surface area (Å²) in [6.45, 7) is 3.10. The first-order chi connectivity index (χ1) is 5.75. The standard InChI is InChI=1S/C9H21N3/c1-12(2)9(6-10)8-4-3-5-11-7-8/h8-9,11H,3-7,10H2,1-2H3. The Kier molecular flexibility index (Phi) is 3.98. The summed E-state index contributed by atoms with van der Waals surface area (Å²) < 4.78 is 0. The van der Waals surface area contributed by atoms with E-state index in [2.05, 4.69) is 24.3 Å². The Hall–Kier alpha value is -0.120. The maximum atomic E-state index is 5.74. The van der Waals surface area contributed by atoms with Crippen LogP contribution in [0.15, 0.2) is 0 Å². The second kappa shape index (κ2) is 4.80. The summed E-state index contributed by atoms with van der Waals surface area (Å²) in [5.41, 5.74) is 5.74. The molecule has 0 aromatic carbocycles. The third-order valence-electron chi connectivity index (χ3n) is 2.78. The lowest BCUT2D eigenvalue weighted by atomic mass is 9.91. The minimum atomic E-state index is 0.554. The lowest BCUT2D eigenvalue weighted by Crippen LogP contribution is -2.47. The van der Waals surface area contributed by atoms with E-state index in [4.69, 9.17) is 5.73 Å². The first-order valence-corrected chi connectivity index (χ1v) is 4.83. The van der Waals surface area contributed by atoms with Crippen LogP contribution in [-0.2, 0) is 0 Å². The molecule has 0 aromatic rings. The van der Waals surface area contributed by atoms with Gasteiger partial charge < -0.3 is 16.0 Å². The molecule has 1 saturated heterocycles. The Bertz CT molecular complexity index is 119. The predicted octanol–water partition coefficient (Wildman–Crippen LogP) is -0.125. The highest BCUT2D eigenvalue weighted by Gasteiger charge is 2.23. The van der Waals surface area contributed by atoms with E-state index < -0.39 is 0 Å². The van der Waals surface area contributed by atoms with Crippen molar-refractivity contribution in [2.75, 3.05) is 33.7 Å². The number of nitrogens with one attached hydrogen (secondary N) is 1. The molecule has 72 valence electrons. The molecule has 1 fully saturated rings. The quantitative estimate of drug-likeness (QED) is 0.622. The summed E-state index contributed by atoms with van der Waals surface area (Å²) in [6, 6.07) is 0.554. The number of nitrogens with zero attached hydrogens (tertiary/aromatic N) is 1. The van der Waals surface area contributed by atoms with Crippen LogP contribution in [0.5, 0.6) is 0 Å². The van der Waals surface area contributed by atoms with Gasteiger partial charge in [-0.1, -0.05) is 0 Å². The molecule has 3 nitrogen and oxygen atoms in total. The third kappa shape index (κ3) is 2.44. The SMILES string of the molecule is CN(C)C(CN)C1CCCNC1. The average molecular weight is 171 g/mol. The van der Waals surface area contributed by atoms with Gasteiger partial charge in [0.05, 0.1) is 0 Å². The van der Waals surface area contributed by atoms with E-state index in [0.29, 0.717) is 6.04 Å². The van der Waals surface area contributed by atoms with Crippen molar-refractivity contribution in [1.29, 1.82) is 0 Å². The molecule has 0 radical (unpaired) electrons. The molecule has 12 heavy (non-hydrogen) atoms. The zero-order chi connectivity index (χ0) is 8.97. The first kappa shape index (κ1) is 9.96. The molecular formula is C9H21N3. The summed E-state index contributed by atoms with van der Waals surface area (Å²) in [4.78, 5) is 2.25. The summed E-state index contributed by atoms with van der Waals surface area (Å²) in [6.07, 6.45) is 2.63. The average Bonchev–Trinajstić information content (AvgIpc) is 2.07. The highest BCUT2D eigenvalue weighted by molar-refractivity contribution is 4.81. The fourth-order valence-corrected chi connectivity index (χ4v) is 2.03. The van der Waals surface area contributed by atoms with E-state index in [1.165, 1.54) is 19.4 Å². The van der Waals surface area contributed by atoms with Crippen molar-refractivity contribution < 1.29 is 0 Å². The van der Waals surface area contributed by atoms with Crippen LogP contribution in [-0.4, -0.2) is 44.7 Å². The van der Waals surface area contributed by atoms with Gasteiger partial charge in [-0.05, 0) is 45.9 Å². The maximum Gasteiger partial charge on any atom is 0.0252 e. The van der Waals surface area contributed by atoms with Crippen molar-refractivity contribution in [3.8, 4) is 0 Å². The Morgan fingerprint density at radius 2 is 2.33 bits per heavy atom. The zero-order valence-electron chi connectivity index (χ0n) is 8.21. The van der Waals surface area contributed by atoms with Crippen LogP contribution in [0, 0.1) is 5.92 Å². The summed E-state index contributed by atoms with van der Waals surface area (Å²) >= 11 is 0. The van der Waals surface area contributed by atoms with Crippen molar-refractivity contribution in [1.82, 2.24) is 10.2 Å². The van der Waals surface area contributed by atoms with Gasteiger partial charge >= 0.3 is 0 Å². The van der Waals surface area contributed by atoms with Gasteiger partial charge in [0, 0.05) is 12.6 Å². The van der Waals surface area contributed by atoms with Crippen LogP contribution in [0.4, 0.5) is 0 Å². The van der Waals surface area contributed by atoms with Gasteiger partial charge in [0.1, 0.15) is 0 Å². The largest absolute Gasteiger partial charge is 0.329 e. The number of nitrogens with two attached hydrogens (primary N) is 1. The molecule has 2 unspecified atom stereocenters. The van der Waals surface area contributed by atoms with Gasteiger partial charge in [-0.2, -0.15) is 0 Å². The van der Waals surface area contributed by atoms with E-state index >= 15 is 0 Å². The van der Waals surface area contributed by atoms with Crippen LogP contribution in [0.25, 0.3) is 0 Å². The van der Waals surface area contributed by atoms with E-state index in [0.717, 1.165) is 19.0 Å². The lowest BCUT2D eigenvalue weighted by Gasteiger charge is -2.34. The fourth-order valence-electron chi connectivity index (χ4n) is 2.03. The Morgan fingerprint density at radius 1 is 1.58 bits per heavy atom. The lowest BCUT2D eigenvalue weighted by molar-refractivity contribution is 0.185. The molecule has 1 aliphatic rings. The molecule has 0 saturated carbocycles. The van der Waals surface area contributed by atoms with E-state index in [9.17, 15) is 0 Å². The predicted molar refractivity (Wildman–Crippen MR) is 52.1 cm³/mol. The number of likely N-dealkylation sites (N-methyl/N-ethyl adjacent to an activating group) is 1. The van der Waals surface area contributed by atoms with Gasteiger partial charge in [-0.3, -0.25) is 0 Å². The summed E-state index contributed by atoms with van der Waals surface area (Å²) in [5, 5.41) is 3.42. The molecule has 0 aromatic heterocycles. The molecule has 0 bridgehead atoms. The highest BCUT2D eigenvalue weighted by atomic mass is 15.1. The summed E-state index contributed by atoms with van der Waals surface area (Å²) in [5.74, 6) is 0.749. The zero-order valence-corrected chi connectivity index (χ0v) is 8.21. The molecule has 0 spiro atoms. The monoisotopic (exact) mass is 171 g/mol. The number of piperidine rings is 1. The normalized spacial score (nSPS) is 27.5. The molecule has 1 heterocycles. The van der Waals surface area contributed by atoms with Gasteiger partial charge in [0.15, 0.2) is 0 Å². The van der Waals surface area contributed by atoms with Crippen molar-refractivity contribution in [2.45, 2.75) is 18.9 Å². The molecule has 0 aliphatic carbocycles. The number of rotatable bonds is 3. The van der Waals surface area contributed by atoms with Crippen molar-refractivity contribution in [3.05, 3.63) is 0 Å². The van der Waals surface area contributed by atoms with Crippen LogP contribution < -0.4 is 11.1 Å². The second-order valence-corrected chi connectivity index (χ2v) is 3.87. The smallest absolute Gasteiger partial charge is 0.0252 e. The molecule has 1 rings (SSSR count). The van der Waals surface area contributed by atoms with Crippen molar-refractivity contribution >= 4 is 0 Å². The van der Waals surface area contributed by atoms with E-state index in [-0.39, 0.29) is 0 Å². The van der Waals surface area contributed by atoms with Crippen LogP contribution in [0.3, 0.4) is 0 Å². The molecule has 3 N–H and O–H groups in total.